The van der Waals surface area contributed by atoms with E-state index < -0.39 is 6.09 Å². The number of carbonyl (C=O) groups is 2. The van der Waals surface area contributed by atoms with Crippen molar-refractivity contribution in [2.45, 2.75) is 102 Å². The van der Waals surface area contributed by atoms with E-state index in [9.17, 15) is 9.59 Å². The minimum absolute atomic E-state index is 0.0993. The van der Waals surface area contributed by atoms with Crippen molar-refractivity contribution in [3.05, 3.63) is 53.3 Å². The monoisotopic (exact) mass is 510 g/mol. The molecule has 0 radical (unpaired) electrons. The minimum Gasteiger partial charge on any atom is -0.453 e. The number of rotatable bonds is 10. The summed E-state index contributed by atoms with van der Waals surface area (Å²) >= 11 is 0. The molecule has 1 saturated carbocycles. The van der Waals surface area contributed by atoms with E-state index in [1.165, 1.54) is 12.7 Å². The second-order valence-corrected chi connectivity index (χ2v) is 11.0. The van der Waals surface area contributed by atoms with Crippen molar-refractivity contribution < 1.29 is 19.1 Å². The topological polar surface area (TPSA) is 85.7 Å². The van der Waals surface area contributed by atoms with Gasteiger partial charge in [0.15, 0.2) is 0 Å². The average Bonchev–Trinajstić information content (AvgIpc) is 3.63. The highest BCUT2D eigenvalue weighted by Crippen LogP contribution is 2.38. The first kappa shape index (κ1) is 27.2. The molecule has 37 heavy (non-hydrogen) atoms. The van der Waals surface area contributed by atoms with Gasteiger partial charge in [0.2, 0.25) is 0 Å². The molecule has 0 unspecified atom stereocenters. The molecule has 2 heterocycles. The molecule has 1 aliphatic heterocycles. The molecule has 202 valence electrons. The molecule has 8 heteroatoms. The summed E-state index contributed by atoms with van der Waals surface area (Å²) in [5, 5.41) is 7.80. The number of nitrogens with one attached hydrogen (secondary N) is 1. The molecule has 8 nitrogen and oxygen atoms in total. The summed E-state index contributed by atoms with van der Waals surface area (Å²) in [5.74, 6) is 0.0993. The van der Waals surface area contributed by atoms with E-state index >= 15 is 0 Å². The molecule has 2 amide bonds. The fourth-order valence-corrected chi connectivity index (χ4v) is 5.35. The molecular weight excluding hydrogens is 468 g/mol. The highest BCUT2D eigenvalue weighted by molar-refractivity contribution is 5.82. The number of ether oxygens (including phenoxy) is 2. The number of aromatic nitrogens is 2. The molecule has 2 fully saturated rings. The van der Waals surface area contributed by atoms with Gasteiger partial charge < -0.3 is 19.7 Å². The number of hydrogen-bond acceptors (Lipinski definition) is 5. The predicted octanol–water partition coefficient (Wildman–Crippen LogP) is 4.96. The summed E-state index contributed by atoms with van der Waals surface area (Å²) in [7, 11) is 1.36. The number of aryl methyl sites for hydroxylation is 1. The van der Waals surface area contributed by atoms with Crippen molar-refractivity contribution in [2.24, 2.45) is 0 Å². The van der Waals surface area contributed by atoms with Gasteiger partial charge in [0.05, 0.1) is 24.9 Å². The number of benzene rings is 1. The van der Waals surface area contributed by atoms with Crippen LogP contribution in [0.25, 0.3) is 0 Å². The number of amides is 2. The summed E-state index contributed by atoms with van der Waals surface area (Å²) in [6.45, 7) is 9.69. The fourth-order valence-electron chi connectivity index (χ4n) is 5.35. The van der Waals surface area contributed by atoms with Crippen LogP contribution in [0.3, 0.4) is 0 Å². The van der Waals surface area contributed by atoms with E-state index in [0.29, 0.717) is 19.5 Å². The van der Waals surface area contributed by atoms with E-state index in [2.05, 4.69) is 68.1 Å². The zero-order valence-electron chi connectivity index (χ0n) is 22.9. The maximum atomic E-state index is 13.7. The third-order valence-corrected chi connectivity index (χ3v) is 7.73. The van der Waals surface area contributed by atoms with Crippen LogP contribution in [-0.2, 0) is 26.2 Å². The lowest BCUT2D eigenvalue weighted by atomic mass is 9.81. The molecule has 1 aromatic heterocycles. The summed E-state index contributed by atoms with van der Waals surface area (Å²) in [6, 6.07) is 12.7. The predicted molar refractivity (Wildman–Crippen MR) is 142 cm³/mol. The lowest BCUT2D eigenvalue weighted by molar-refractivity contribution is -0.154. The highest BCUT2D eigenvalue weighted by atomic mass is 16.5. The lowest BCUT2D eigenvalue weighted by Gasteiger charge is -2.35. The molecule has 1 aliphatic carbocycles. The smallest absolute Gasteiger partial charge is 0.406 e. The fraction of sp³-hybridized carbons (Fsp3) is 0.621. The Bertz CT molecular complexity index is 1060. The summed E-state index contributed by atoms with van der Waals surface area (Å²) in [6.07, 6.45) is 4.91. The first-order valence-electron chi connectivity index (χ1n) is 13.7. The largest absolute Gasteiger partial charge is 0.453 e. The Morgan fingerprint density at radius 1 is 1.22 bits per heavy atom. The van der Waals surface area contributed by atoms with Crippen molar-refractivity contribution in [1.82, 2.24) is 20.0 Å². The Balaban J connectivity index is 1.61. The van der Waals surface area contributed by atoms with E-state index in [0.717, 1.165) is 43.5 Å². The van der Waals surface area contributed by atoms with Crippen LogP contribution in [0.4, 0.5) is 4.79 Å². The first-order chi connectivity index (χ1) is 17.7. The highest BCUT2D eigenvalue weighted by Gasteiger charge is 2.41. The summed E-state index contributed by atoms with van der Waals surface area (Å²) in [5.41, 5.74) is 2.88. The number of methoxy groups -OCH3 is 1. The zero-order chi connectivity index (χ0) is 26.6. The normalized spacial score (nSPS) is 20.8. The van der Waals surface area contributed by atoms with Gasteiger partial charge in [0.25, 0.3) is 5.91 Å². The second kappa shape index (κ2) is 11.7. The average molecular weight is 511 g/mol. The third-order valence-electron chi connectivity index (χ3n) is 7.73. The Morgan fingerprint density at radius 3 is 2.59 bits per heavy atom. The van der Waals surface area contributed by atoms with Crippen LogP contribution in [0.2, 0.25) is 0 Å². The standard InChI is InChI=1S/C29H42N4O4/c1-20-11-9-14-25(37-20)27(34)33(23-15-16-23)21(2)24-19-26(29(3,4)22-12-7-6-8-13-22)32(31-24)18-10-17-30-28(35)36-5/h6-8,12-13,19-21,23,25H,9-11,14-18H2,1-5H3,(H,30,35)/t20-,21-,25-/m1/s1. The Morgan fingerprint density at radius 2 is 1.95 bits per heavy atom. The van der Waals surface area contributed by atoms with E-state index in [1.54, 1.807) is 0 Å². The molecule has 3 atom stereocenters. The van der Waals surface area contributed by atoms with Crippen molar-refractivity contribution >= 4 is 12.0 Å². The Kier molecular flexibility index (Phi) is 8.57. The summed E-state index contributed by atoms with van der Waals surface area (Å²) < 4.78 is 12.8. The van der Waals surface area contributed by atoms with E-state index in [4.69, 9.17) is 9.84 Å². The molecule has 0 spiro atoms. The van der Waals surface area contributed by atoms with Crippen LogP contribution < -0.4 is 5.32 Å². The van der Waals surface area contributed by atoms with Gasteiger partial charge >= 0.3 is 6.09 Å². The molecule has 2 aliphatic rings. The van der Waals surface area contributed by atoms with Gasteiger partial charge in [-0.05, 0) is 64.0 Å². The number of carbonyl (C=O) groups excluding carboxylic acids is 2. The Labute approximate surface area is 220 Å². The number of nitrogens with zero attached hydrogens (tertiary/aromatic N) is 3. The molecule has 4 rings (SSSR count). The number of hydrogen-bond donors (Lipinski definition) is 1. The van der Waals surface area contributed by atoms with Gasteiger partial charge in [0.1, 0.15) is 6.10 Å². The van der Waals surface area contributed by atoms with Gasteiger partial charge in [-0.2, -0.15) is 5.10 Å². The van der Waals surface area contributed by atoms with Crippen LogP contribution in [0, 0.1) is 0 Å². The van der Waals surface area contributed by atoms with Gasteiger partial charge in [-0.15, -0.1) is 0 Å². The van der Waals surface area contributed by atoms with Crippen molar-refractivity contribution in [3.63, 3.8) is 0 Å². The summed E-state index contributed by atoms with van der Waals surface area (Å²) in [4.78, 5) is 27.2. The first-order valence-corrected chi connectivity index (χ1v) is 13.7. The van der Waals surface area contributed by atoms with Gasteiger partial charge in [-0.1, -0.05) is 44.2 Å². The molecular formula is C29H42N4O4. The maximum absolute atomic E-state index is 13.7. The van der Waals surface area contributed by atoms with Crippen molar-refractivity contribution in [3.8, 4) is 0 Å². The van der Waals surface area contributed by atoms with Gasteiger partial charge in [-0.3, -0.25) is 9.48 Å². The van der Waals surface area contributed by atoms with Crippen LogP contribution in [0.15, 0.2) is 36.4 Å². The zero-order valence-corrected chi connectivity index (χ0v) is 22.9. The molecule has 1 aromatic carbocycles. The molecule has 2 aromatic rings. The Hall–Kier alpha value is -2.87. The molecule has 1 saturated heterocycles. The maximum Gasteiger partial charge on any atom is 0.406 e. The van der Waals surface area contributed by atoms with E-state index in [-0.39, 0.29) is 35.6 Å². The number of alkyl carbamates (subject to hydrolysis) is 1. The quantitative estimate of drug-likeness (QED) is 0.457. The van der Waals surface area contributed by atoms with E-state index in [1.807, 2.05) is 15.6 Å². The van der Waals surface area contributed by atoms with Crippen LogP contribution in [0.5, 0.6) is 0 Å². The van der Waals surface area contributed by atoms with Gasteiger partial charge in [0, 0.05) is 30.2 Å². The van der Waals surface area contributed by atoms with Crippen molar-refractivity contribution in [1.29, 1.82) is 0 Å². The molecule has 1 N–H and O–H groups in total. The lowest BCUT2D eigenvalue weighted by Crippen LogP contribution is -2.45. The second-order valence-electron chi connectivity index (χ2n) is 11.0. The minimum atomic E-state index is -0.433. The van der Waals surface area contributed by atoms with Crippen LogP contribution in [-0.4, -0.2) is 58.6 Å². The van der Waals surface area contributed by atoms with Crippen LogP contribution >= 0.6 is 0 Å². The molecule has 0 bridgehead atoms. The third kappa shape index (κ3) is 6.35. The SMILES string of the molecule is COC(=O)NCCCn1nc([C@@H](C)N(C(=O)[C@H]2CCC[C@@H](C)O2)C2CC2)cc1C(C)(C)c1ccccc1. The van der Waals surface area contributed by atoms with Crippen molar-refractivity contribution in [2.75, 3.05) is 13.7 Å². The van der Waals surface area contributed by atoms with Crippen LogP contribution in [0.1, 0.15) is 89.2 Å². The van der Waals surface area contributed by atoms with Gasteiger partial charge in [-0.25, -0.2) is 4.79 Å².